The van der Waals surface area contributed by atoms with E-state index in [0.29, 0.717) is 16.3 Å². The van der Waals surface area contributed by atoms with Crippen LogP contribution >= 0.6 is 23.2 Å². The third-order valence-corrected chi connectivity index (χ3v) is 4.48. The molecule has 2 atom stereocenters. The molecule has 0 bridgehead atoms. The van der Waals surface area contributed by atoms with Crippen LogP contribution in [0.1, 0.15) is 38.2 Å². The van der Waals surface area contributed by atoms with Gasteiger partial charge in [0, 0.05) is 18.2 Å². The van der Waals surface area contributed by atoms with Crippen molar-refractivity contribution in [1.82, 2.24) is 9.88 Å². The fourth-order valence-corrected chi connectivity index (χ4v) is 3.30. The highest BCUT2D eigenvalue weighted by molar-refractivity contribution is 6.32. The van der Waals surface area contributed by atoms with E-state index >= 15 is 0 Å². The molecular formula is C14H20Cl2N2. The Morgan fingerprint density at radius 1 is 1.28 bits per heavy atom. The van der Waals surface area contributed by atoms with E-state index in [1.54, 1.807) is 6.07 Å². The van der Waals surface area contributed by atoms with E-state index in [0.717, 1.165) is 18.0 Å². The molecule has 18 heavy (non-hydrogen) atoms. The van der Waals surface area contributed by atoms with E-state index in [1.807, 2.05) is 6.07 Å². The lowest BCUT2D eigenvalue weighted by Crippen LogP contribution is -2.38. The van der Waals surface area contributed by atoms with Gasteiger partial charge in [0.1, 0.15) is 10.3 Å². The molecule has 0 aliphatic heterocycles. The summed E-state index contributed by atoms with van der Waals surface area (Å²) in [6, 6.07) is 4.44. The molecule has 2 unspecified atom stereocenters. The molecule has 0 N–H and O–H groups in total. The topological polar surface area (TPSA) is 16.1 Å². The van der Waals surface area contributed by atoms with Gasteiger partial charge in [0.25, 0.3) is 0 Å². The van der Waals surface area contributed by atoms with Crippen molar-refractivity contribution >= 4 is 23.2 Å². The summed E-state index contributed by atoms with van der Waals surface area (Å²) in [4.78, 5) is 6.50. The van der Waals surface area contributed by atoms with Crippen molar-refractivity contribution in [3.05, 3.63) is 28.0 Å². The normalized spacial score (nSPS) is 24.5. The monoisotopic (exact) mass is 286 g/mol. The van der Waals surface area contributed by atoms with Crippen molar-refractivity contribution in [1.29, 1.82) is 0 Å². The first-order valence-electron chi connectivity index (χ1n) is 6.59. The summed E-state index contributed by atoms with van der Waals surface area (Å²) in [6.07, 6.45) is 5.33. The Balaban J connectivity index is 2.03. The van der Waals surface area contributed by atoms with Crippen LogP contribution in [0.25, 0.3) is 0 Å². The molecule has 2 rings (SSSR count). The second-order valence-corrected chi connectivity index (χ2v) is 6.07. The molecule has 0 spiro atoms. The quantitative estimate of drug-likeness (QED) is 0.766. The zero-order valence-corrected chi connectivity index (χ0v) is 12.5. The Morgan fingerprint density at radius 2 is 2.00 bits per heavy atom. The van der Waals surface area contributed by atoms with Gasteiger partial charge in [-0.25, -0.2) is 4.98 Å². The Bertz CT molecular complexity index is 409. The number of hydrogen-bond acceptors (Lipinski definition) is 2. The number of nitrogens with zero attached hydrogens (tertiary/aromatic N) is 2. The summed E-state index contributed by atoms with van der Waals surface area (Å²) < 4.78 is 0. The molecule has 1 aliphatic rings. The van der Waals surface area contributed by atoms with Gasteiger partial charge in [-0.05, 0) is 31.9 Å². The summed E-state index contributed by atoms with van der Waals surface area (Å²) in [5, 5.41) is 0.982. The van der Waals surface area contributed by atoms with Crippen LogP contribution in [0, 0.1) is 5.92 Å². The fraction of sp³-hybridized carbons (Fsp3) is 0.643. The van der Waals surface area contributed by atoms with E-state index in [4.69, 9.17) is 23.2 Å². The summed E-state index contributed by atoms with van der Waals surface area (Å²) in [7, 11) is 2.18. The van der Waals surface area contributed by atoms with Crippen molar-refractivity contribution in [3.63, 3.8) is 0 Å². The van der Waals surface area contributed by atoms with Crippen LogP contribution in [0.4, 0.5) is 0 Å². The maximum absolute atomic E-state index is 6.13. The van der Waals surface area contributed by atoms with E-state index in [2.05, 4.69) is 23.9 Å². The fourth-order valence-electron chi connectivity index (χ4n) is 2.90. The molecule has 1 saturated carbocycles. The third-order valence-electron chi connectivity index (χ3n) is 3.94. The van der Waals surface area contributed by atoms with Gasteiger partial charge in [-0.2, -0.15) is 0 Å². The predicted octanol–water partition coefficient (Wildman–Crippen LogP) is 4.40. The van der Waals surface area contributed by atoms with Crippen molar-refractivity contribution in [2.24, 2.45) is 5.92 Å². The van der Waals surface area contributed by atoms with Crippen LogP contribution in [0.2, 0.25) is 10.3 Å². The molecule has 0 saturated heterocycles. The predicted molar refractivity (Wildman–Crippen MR) is 77.1 cm³/mol. The molecule has 4 heteroatoms. The molecule has 2 nitrogen and oxygen atoms in total. The number of aromatic nitrogens is 1. The summed E-state index contributed by atoms with van der Waals surface area (Å²) >= 11 is 11.9. The van der Waals surface area contributed by atoms with Gasteiger partial charge in [0.05, 0.1) is 0 Å². The third kappa shape index (κ3) is 3.37. The van der Waals surface area contributed by atoms with Gasteiger partial charge < -0.3 is 0 Å². The second-order valence-electron chi connectivity index (χ2n) is 5.33. The van der Waals surface area contributed by atoms with E-state index in [1.165, 1.54) is 25.7 Å². The van der Waals surface area contributed by atoms with E-state index < -0.39 is 0 Å². The first-order valence-corrected chi connectivity index (χ1v) is 7.34. The van der Waals surface area contributed by atoms with Crippen LogP contribution in [0.5, 0.6) is 0 Å². The lowest BCUT2D eigenvalue weighted by atomic mass is 9.85. The van der Waals surface area contributed by atoms with Gasteiger partial charge in [0.2, 0.25) is 0 Å². The van der Waals surface area contributed by atoms with Crippen molar-refractivity contribution < 1.29 is 0 Å². The van der Waals surface area contributed by atoms with E-state index in [-0.39, 0.29) is 0 Å². The Morgan fingerprint density at radius 3 is 2.67 bits per heavy atom. The molecule has 1 fully saturated rings. The van der Waals surface area contributed by atoms with Gasteiger partial charge in [-0.1, -0.05) is 49.0 Å². The van der Waals surface area contributed by atoms with Crippen LogP contribution in [-0.2, 0) is 6.54 Å². The van der Waals surface area contributed by atoms with Gasteiger partial charge in [-0.3, -0.25) is 4.90 Å². The molecule has 1 heterocycles. The zero-order chi connectivity index (χ0) is 13.1. The average molecular weight is 287 g/mol. The SMILES string of the molecule is CC1CCCCC1N(C)Cc1ccc(Cl)nc1Cl. The molecule has 1 aromatic heterocycles. The highest BCUT2D eigenvalue weighted by Crippen LogP contribution is 2.29. The first-order chi connectivity index (χ1) is 8.58. The Hall–Kier alpha value is -0.310. The number of halogens is 2. The Labute approximate surface area is 119 Å². The number of rotatable bonds is 3. The lowest BCUT2D eigenvalue weighted by Gasteiger charge is -2.36. The average Bonchev–Trinajstić information content (AvgIpc) is 2.33. The Kier molecular flexibility index (Phi) is 4.88. The highest BCUT2D eigenvalue weighted by atomic mass is 35.5. The minimum atomic E-state index is 0.456. The molecular weight excluding hydrogens is 267 g/mol. The van der Waals surface area contributed by atoms with Crippen molar-refractivity contribution in [2.75, 3.05) is 7.05 Å². The van der Waals surface area contributed by atoms with E-state index in [9.17, 15) is 0 Å². The smallest absolute Gasteiger partial charge is 0.135 e. The minimum Gasteiger partial charge on any atom is -0.299 e. The number of hydrogen-bond donors (Lipinski definition) is 0. The summed E-state index contributed by atoms with van der Waals surface area (Å²) in [5.74, 6) is 0.766. The molecule has 1 aromatic rings. The highest BCUT2D eigenvalue weighted by Gasteiger charge is 2.25. The van der Waals surface area contributed by atoms with Gasteiger partial charge >= 0.3 is 0 Å². The molecule has 0 aromatic carbocycles. The first kappa shape index (κ1) is 14.1. The van der Waals surface area contributed by atoms with Crippen LogP contribution in [0.3, 0.4) is 0 Å². The standard InChI is InChI=1S/C14H20Cl2N2/c1-10-5-3-4-6-12(10)18(2)9-11-7-8-13(15)17-14(11)16/h7-8,10,12H,3-6,9H2,1-2H3. The maximum atomic E-state index is 6.13. The number of pyridine rings is 1. The van der Waals surface area contributed by atoms with Crippen molar-refractivity contribution in [3.8, 4) is 0 Å². The van der Waals surface area contributed by atoms with Crippen LogP contribution < -0.4 is 0 Å². The second kappa shape index (κ2) is 6.23. The molecule has 0 amide bonds. The van der Waals surface area contributed by atoms with Crippen LogP contribution in [-0.4, -0.2) is 23.0 Å². The molecule has 0 radical (unpaired) electrons. The van der Waals surface area contributed by atoms with Gasteiger partial charge in [0.15, 0.2) is 0 Å². The van der Waals surface area contributed by atoms with Crippen molar-refractivity contribution in [2.45, 2.75) is 45.2 Å². The molecule has 100 valence electrons. The summed E-state index contributed by atoms with van der Waals surface area (Å²) in [6.45, 7) is 3.19. The summed E-state index contributed by atoms with van der Waals surface area (Å²) in [5.41, 5.74) is 1.06. The zero-order valence-electron chi connectivity index (χ0n) is 11.0. The maximum Gasteiger partial charge on any atom is 0.135 e. The largest absolute Gasteiger partial charge is 0.299 e. The van der Waals surface area contributed by atoms with Crippen LogP contribution in [0.15, 0.2) is 12.1 Å². The lowest BCUT2D eigenvalue weighted by molar-refractivity contribution is 0.133. The molecule has 1 aliphatic carbocycles. The van der Waals surface area contributed by atoms with Gasteiger partial charge in [-0.15, -0.1) is 0 Å². The minimum absolute atomic E-state index is 0.456.